The molecule has 0 unspecified atom stereocenters. The average molecular weight is 305 g/mol. The standard InChI is InChI=1S/C15H19N3O4/c1-21-12-7-6-11(13(16-12)22-2)15(20)18-9-3-8-17(18)14(19)10-4-5-10/h6-7,10H,3-5,8-9H2,1-2H3. The van der Waals surface area contributed by atoms with Crippen LogP contribution in [-0.2, 0) is 4.79 Å². The van der Waals surface area contributed by atoms with E-state index in [1.807, 2.05) is 0 Å². The molecule has 1 saturated carbocycles. The number of nitrogens with zero attached hydrogens (tertiary/aromatic N) is 3. The second kappa shape index (κ2) is 5.82. The van der Waals surface area contributed by atoms with Gasteiger partial charge in [-0.15, -0.1) is 0 Å². The SMILES string of the molecule is COc1ccc(C(=O)N2CCCN2C(=O)C2CC2)c(OC)n1. The van der Waals surface area contributed by atoms with Crippen LogP contribution in [0.5, 0.6) is 11.8 Å². The van der Waals surface area contributed by atoms with Crippen LogP contribution >= 0.6 is 0 Å². The van der Waals surface area contributed by atoms with Gasteiger partial charge in [0.15, 0.2) is 0 Å². The topological polar surface area (TPSA) is 72.0 Å². The Morgan fingerprint density at radius 1 is 1.14 bits per heavy atom. The van der Waals surface area contributed by atoms with Crippen molar-refractivity contribution in [3.63, 3.8) is 0 Å². The minimum absolute atomic E-state index is 0.0475. The molecule has 1 aliphatic heterocycles. The molecule has 0 spiro atoms. The number of rotatable bonds is 4. The fraction of sp³-hybridized carbons (Fsp3) is 0.533. The molecule has 2 aliphatic rings. The molecule has 0 radical (unpaired) electrons. The van der Waals surface area contributed by atoms with E-state index in [2.05, 4.69) is 4.98 Å². The Balaban J connectivity index is 1.84. The summed E-state index contributed by atoms with van der Waals surface area (Å²) in [4.78, 5) is 29.2. The van der Waals surface area contributed by atoms with Crippen molar-refractivity contribution in [3.05, 3.63) is 17.7 Å². The van der Waals surface area contributed by atoms with Gasteiger partial charge in [-0.1, -0.05) is 0 Å². The minimum atomic E-state index is -0.265. The molecule has 118 valence electrons. The van der Waals surface area contributed by atoms with Gasteiger partial charge in [0, 0.05) is 25.1 Å². The summed E-state index contributed by atoms with van der Waals surface area (Å²) in [6.45, 7) is 1.12. The van der Waals surface area contributed by atoms with Gasteiger partial charge in [0.05, 0.1) is 14.2 Å². The van der Waals surface area contributed by atoms with Crippen LogP contribution in [0.15, 0.2) is 12.1 Å². The molecule has 1 aliphatic carbocycles. The number of carbonyl (C=O) groups is 2. The van der Waals surface area contributed by atoms with E-state index >= 15 is 0 Å². The number of amides is 2. The molecule has 2 fully saturated rings. The van der Waals surface area contributed by atoms with Crippen molar-refractivity contribution in [1.29, 1.82) is 0 Å². The summed E-state index contributed by atoms with van der Waals surface area (Å²) in [6.07, 6.45) is 2.63. The van der Waals surface area contributed by atoms with Crippen LogP contribution in [0.3, 0.4) is 0 Å². The first-order valence-corrected chi connectivity index (χ1v) is 7.38. The summed E-state index contributed by atoms with van der Waals surface area (Å²) in [7, 11) is 2.95. The summed E-state index contributed by atoms with van der Waals surface area (Å²) in [5.41, 5.74) is 0.332. The molecule has 22 heavy (non-hydrogen) atoms. The smallest absolute Gasteiger partial charge is 0.277 e. The van der Waals surface area contributed by atoms with E-state index in [0.717, 1.165) is 19.3 Å². The number of carbonyl (C=O) groups excluding carboxylic acids is 2. The van der Waals surface area contributed by atoms with Crippen LogP contribution in [0, 0.1) is 5.92 Å². The lowest BCUT2D eigenvalue weighted by atomic mass is 10.2. The first-order valence-electron chi connectivity index (χ1n) is 7.38. The lowest BCUT2D eigenvalue weighted by molar-refractivity contribution is -0.141. The second-order valence-corrected chi connectivity index (χ2v) is 5.43. The zero-order chi connectivity index (χ0) is 15.7. The number of methoxy groups -OCH3 is 2. The molecule has 3 rings (SSSR count). The molecule has 0 aromatic carbocycles. The maximum atomic E-state index is 12.8. The van der Waals surface area contributed by atoms with E-state index < -0.39 is 0 Å². The monoisotopic (exact) mass is 305 g/mol. The summed E-state index contributed by atoms with van der Waals surface area (Å²) < 4.78 is 10.2. The first-order chi connectivity index (χ1) is 10.7. The normalized spacial score (nSPS) is 17.5. The van der Waals surface area contributed by atoms with E-state index in [1.54, 1.807) is 17.1 Å². The van der Waals surface area contributed by atoms with E-state index in [1.165, 1.54) is 19.2 Å². The van der Waals surface area contributed by atoms with Crippen molar-refractivity contribution in [1.82, 2.24) is 15.0 Å². The Morgan fingerprint density at radius 2 is 1.86 bits per heavy atom. The molecule has 2 amide bonds. The Morgan fingerprint density at radius 3 is 2.50 bits per heavy atom. The first kappa shape index (κ1) is 14.6. The van der Waals surface area contributed by atoms with Gasteiger partial charge in [0.25, 0.3) is 5.91 Å². The third-order valence-electron chi connectivity index (χ3n) is 3.91. The zero-order valence-electron chi connectivity index (χ0n) is 12.7. The average Bonchev–Trinajstić information content (AvgIpc) is 3.29. The Hall–Kier alpha value is -2.31. The molecule has 1 saturated heterocycles. The number of hydrogen-bond donors (Lipinski definition) is 0. The highest BCUT2D eigenvalue weighted by Gasteiger charge is 2.40. The van der Waals surface area contributed by atoms with Crippen LogP contribution in [-0.4, -0.2) is 54.1 Å². The Kier molecular flexibility index (Phi) is 3.87. The quantitative estimate of drug-likeness (QED) is 0.833. The molecule has 1 aromatic rings. The van der Waals surface area contributed by atoms with Crippen LogP contribution in [0.2, 0.25) is 0 Å². The molecular weight excluding hydrogens is 286 g/mol. The van der Waals surface area contributed by atoms with Crippen molar-refractivity contribution in [2.75, 3.05) is 27.3 Å². The summed E-state index contributed by atoms with van der Waals surface area (Å²) in [5, 5.41) is 3.08. The minimum Gasteiger partial charge on any atom is -0.481 e. The lowest BCUT2D eigenvalue weighted by Gasteiger charge is -2.28. The highest BCUT2D eigenvalue weighted by atomic mass is 16.5. The highest BCUT2D eigenvalue weighted by molar-refractivity contribution is 5.98. The molecule has 0 atom stereocenters. The number of aromatic nitrogens is 1. The zero-order valence-corrected chi connectivity index (χ0v) is 12.7. The Labute approximate surface area is 128 Å². The van der Waals surface area contributed by atoms with Gasteiger partial charge in [-0.25, -0.2) is 5.01 Å². The lowest BCUT2D eigenvalue weighted by Crippen LogP contribution is -2.45. The van der Waals surface area contributed by atoms with Gasteiger partial charge in [-0.05, 0) is 25.3 Å². The van der Waals surface area contributed by atoms with Crippen molar-refractivity contribution in [2.45, 2.75) is 19.3 Å². The van der Waals surface area contributed by atoms with Gasteiger partial charge in [0.1, 0.15) is 5.56 Å². The van der Waals surface area contributed by atoms with Crippen LogP contribution in [0.1, 0.15) is 29.6 Å². The maximum absolute atomic E-state index is 12.8. The molecule has 7 nitrogen and oxygen atoms in total. The van der Waals surface area contributed by atoms with Gasteiger partial charge in [-0.2, -0.15) is 4.98 Å². The summed E-state index contributed by atoms with van der Waals surface area (Å²) in [5.74, 6) is 0.449. The molecular formula is C15H19N3O4. The van der Waals surface area contributed by atoms with Gasteiger partial charge in [0.2, 0.25) is 17.7 Å². The predicted molar refractivity (Wildman–Crippen MR) is 77.4 cm³/mol. The molecule has 7 heteroatoms. The van der Waals surface area contributed by atoms with Crippen molar-refractivity contribution < 1.29 is 19.1 Å². The van der Waals surface area contributed by atoms with E-state index in [-0.39, 0.29) is 23.6 Å². The molecule has 1 aromatic heterocycles. The van der Waals surface area contributed by atoms with Crippen LogP contribution in [0.4, 0.5) is 0 Å². The van der Waals surface area contributed by atoms with E-state index in [9.17, 15) is 9.59 Å². The fourth-order valence-electron chi connectivity index (χ4n) is 2.59. The maximum Gasteiger partial charge on any atom is 0.277 e. The van der Waals surface area contributed by atoms with Crippen molar-refractivity contribution in [3.8, 4) is 11.8 Å². The second-order valence-electron chi connectivity index (χ2n) is 5.43. The van der Waals surface area contributed by atoms with E-state index in [4.69, 9.17) is 9.47 Å². The van der Waals surface area contributed by atoms with Crippen molar-refractivity contribution >= 4 is 11.8 Å². The fourth-order valence-corrected chi connectivity index (χ4v) is 2.59. The van der Waals surface area contributed by atoms with Gasteiger partial charge < -0.3 is 9.47 Å². The van der Waals surface area contributed by atoms with Crippen LogP contribution < -0.4 is 9.47 Å². The number of hydrazine groups is 1. The number of ether oxygens (including phenoxy) is 2. The Bertz CT molecular complexity index is 600. The van der Waals surface area contributed by atoms with Crippen molar-refractivity contribution in [2.24, 2.45) is 5.92 Å². The van der Waals surface area contributed by atoms with Gasteiger partial charge >= 0.3 is 0 Å². The summed E-state index contributed by atoms with van der Waals surface area (Å²) in [6, 6.07) is 3.23. The third-order valence-corrected chi connectivity index (χ3v) is 3.91. The largest absolute Gasteiger partial charge is 0.481 e. The highest BCUT2D eigenvalue weighted by Crippen LogP contribution is 2.33. The molecule has 2 heterocycles. The third kappa shape index (κ3) is 2.58. The van der Waals surface area contributed by atoms with Crippen LogP contribution in [0.25, 0.3) is 0 Å². The van der Waals surface area contributed by atoms with E-state index in [0.29, 0.717) is 24.5 Å². The van der Waals surface area contributed by atoms with Gasteiger partial charge in [-0.3, -0.25) is 14.6 Å². The number of hydrogen-bond acceptors (Lipinski definition) is 5. The number of pyridine rings is 1. The molecule has 0 bridgehead atoms. The molecule has 0 N–H and O–H groups in total. The predicted octanol–water partition coefficient (Wildman–Crippen LogP) is 1.10. The summed E-state index contributed by atoms with van der Waals surface area (Å²) >= 11 is 0.